The number of fused-ring (bicyclic) bond motifs is 1. The predicted octanol–water partition coefficient (Wildman–Crippen LogP) is 3.61. The maximum absolute atomic E-state index is 12.6. The lowest BCUT2D eigenvalue weighted by Gasteiger charge is -2.39. The topological polar surface area (TPSA) is 152 Å². The Bertz CT molecular complexity index is 1660. The smallest absolute Gasteiger partial charge is 0.244 e. The third-order valence-corrected chi connectivity index (χ3v) is 7.67. The number of aliphatic hydroxyl groups is 1. The Hall–Kier alpha value is -4.39. The van der Waals surface area contributed by atoms with Gasteiger partial charge in [-0.3, -0.25) is 0 Å². The molecule has 3 heterocycles. The highest BCUT2D eigenvalue weighted by molar-refractivity contribution is 5.61. The Labute approximate surface area is 249 Å². The molecule has 3 aromatic carbocycles. The standard InChI is InChI=1S/C32H34N6O5/c1-31(42-20-24-15-9-4-10-16-24)27(41-19-23-13-7-3-8-14-23)25(21-40-18-22-11-5-2-6-12-22)43-32(31,39)26-17-35-29-28(33)36-30(34)37-38(26)29/h2-17,25,27,39H,18-21H2,1H3,(H4,33,34,36,37). The fourth-order valence-electron chi connectivity index (χ4n) is 5.41. The van der Waals surface area contributed by atoms with E-state index in [2.05, 4.69) is 15.1 Å². The highest BCUT2D eigenvalue weighted by Gasteiger charge is 2.67. The zero-order valence-electron chi connectivity index (χ0n) is 23.7. The molecule has 11 heteroatoms. The van der Waals surface area contributed by atoms with Crippen molar-refractivity contribution in [2.75, 3.05) is 18.1 Å². The van der Waals surface area contributed by atoms with E-state index in [1.54, 1.807) is 6.92 Å². The Morgan fingerprint density at radius 3 is 2.07 bits per heavy atom. The van der Waals surface area contributed by atoms with Gasteiger partial charge < -0.3 is 35.5 Å². The molecule has 222 valence electrons. The zero-order valence-corrected chi connectivity index (χ0v) is 23.7. The fraction of sp³-hybridized carbons (Fsp3) is 0.281. The van der Waals surface area contributed by atoms with Gasteiger partial charge in [0.1, 0.15) is 17.9 Å². The fourth-order valence-corrected chi connectivity index (χ4v) is 5.41. The number of imidazole rings is 1. The van der Waals surface area contributed by atoms with Crippen LogP contribution in [0.25, 0.3) is 5.65 Å². The molecule has 0 spiro atoms. The number of nitrogen functional groups attached to an aromatic ring is 2. The summed E-state index contributed by atoms with van der Waals surface area (Å²) in [5, 5.41) is 16.9. The summed E-state index contributed by atoms with van der Waals surface area (Å²) in [6.45, 7) is 2.64. The van der Waals surface area contributed by atoms with Crippen molar-refractivity contribution in [2.24, 2.45) is 0 Å². The van der Waals surface area contributed by atoms with Gasteiger partial charge in [0, 0.05) is 0 Å². The molecule has 6 rings (SSSR count). The van der Waals surface area contributed by atoms with Crippen molar-refractivity contribution in [1.29, 1.82) is 0 Å². The van der Waals surface area contributed by atoms with E-state index >= 15 is 0 Å². The lowest BCUT2D eigenvalue weighted by atomic mass is 9.87. The monoisotopic (exact) mass is 582 g/mol. The van der Waals surface area contributed by atoms with Gasteiger partial charge in [0.05, 0.1) is 32.6 Å². The summed E-state index contributed by atoms with van der Waals surface area (Å²) >= 11 is 0. The highest BCUT2D eigenvalue weighted by Crippen LogP contribution is 2.49. The molecule has 0 aliphatic carbocycles. The lowest BCUT2D eigenvalue weighted by Crippen LogP contribution is -2.55. The van der Waals surface area contributed by atoms with Crippen molar-refractivity contribution >= 4 is 17.4 Å². The third-order valence-electron chi connectivity index (χ3n) is 7.67. The number of ether oxygens (including phenoxy) is 4. The van der Waals surface area contributed by atoms with Crippen LogP contribution in [0.1, 0.15) is 29.3 Å². The Balaban J connectivity index is 1.39. The molecule has 1 fully saturated rings. The number of nitrogens with two attached hydrogens (primary N) is 2. The van der Waals surface area contributed by atoms with E-state index < -0.39 is 23.6 Å². The van der Waals surface area contributed by atoms with Crippen molar-refractivity contribution in [1.82, 2.24) is 19.6 Å². The van der Waals surface area contributed by atoms with E-state index in [4.69, 9.17) is 30.4 Å². The van der Waals surface area contributed by atoms with E-state index in [9.17, 15) is 5.11 Å². The summed E-state index contributed by atoms with van der Waals surface area (Å²) in [5.74, 6) is -2.14. The second-order valence-corrected chi connectivity index (χ2v) is 10.6. The Morgan fingerprint density at radius 1 is 0.860 bits per heavy atom. The number of benzene rings is 3. The second-order valence-electron chi connectivity index (χ2n) is 10.6. The highest BCUT2D eigenvalue weighted by atomic mass is 16.7. The molecule has 0 amide bonds. The van der Waals surface area contributed by atoms with E-state index in [-0.39, 0.29) is 42.9 Å². The average molecular weight is 583 g/mol. The molecule has 2 aromatic heterocycles. The Morgan fingerprint density at radius 2 is 1.44 bits per heavy atom. The van der Waals surface area contributed by atoms with Crippen LogP contribution >= 0.6 is 0 Å². The number of hydrogen-bond acceptors (Lipinski definition) is 10. The van der Waals surface area contributed by atoms with Gasteiger partial charge in [-0.15, -0.1) is 5.10 Å². The van der Waals surface area contributed by atoms with Crippen molar-refractivity contribution < 1.29 is 24.1 Å². The molecule has 1 aliphatic rings. The maximum atomic E-state index is 12.6. The molecular formula is C32H34N6O5. The normalized spacial score (nSPS) is 23.6. The van der Waals surface area contributed by atoms with Crippen LogP contribution < -0.4 is 11.5 Å². The first-order chi connectivity index (χ1) is 20.9. The largest absolute Gasteiger partial charge is 0.380 e. The summed E-state index contributed by atoms with van der Waals surface area (Å²) in [6.07, 6.45) is -0.106. The van der Waals surface area contributed by atoms with Gasteiger partial charge in [-0.1, -0.05) is 91.0 Å². The van der Waals surface area contributed by atoms with E-state index in [1.165, 1.54) is 10.7 Å². The van der Waals surface area contributed by atoms with Crippen LogP contribution in [0.15, 0.2) is 97.2 Å². The first-order valence-corrected chi connectivity index (χ1v) is 14.0. The Kier molecular flexibility index (Phi) is 8.06. The molecule has 4 atom stereocenters. The van der Waals surface area contributed by atoms with Crippen LogP contribution in [0.2, 0.25) is 0 Å². The van der Waals surface area contributed by atoms with Crippen LogP contribution in [0, 0.1) is 0 Å². The van der Waals surface area contributed by atoms with Crippen LogP contribution in [0.5, 0.6) is 0 Å². The molecule has 1 aliphatic heterocycles. The first-order valence-electron chi connectivity index (χ1n) is 14.0. The van der Waals surface area contributed by atoms with E-state index in [0.29, 0.717) is 6.61 Å². The van der Waals surface area contributed by atoms with Gasteiger partial charge in [0.15, 0.2) is 17.1 Å². The van der Waals surface area contributed by atoms with Crippen LogP contribution in [-0.4, -0.2) is 49.1 Å². The van der Waals surface area contributed by atoms with Crippen molar-refractivity contribution in [3.8, 4) is 0 Å². The van der Waals surface area contributed by atoms with Gasteiger partial charge in [0.25, 0.3) is 0 Å². The summed E-state index contributed by atoms with van der Waals surface area (Å²) in [6, 6.07) is 29.3. The minimum atomic E-state index is -2.11. The van der Waals surface area contributed by atoms with Gasteiger partial charge in [0.2, 0.25) is 11.7 Å². The van der Waals surface area contributed by atoms with Gasteiger partial charge in [-0.25, -0.2) is 9.50 Å². The molecule has 5 N–H and O–H groups in total. The molecule has 0 saturated carbocycles. The minimum Gasteiger partial charge on any atom is -0.380 e. The van der Waals surface area contributed by atoms with Crippen LogP contribution in [0.3, 0.4) is 0 Å². The second kappa shape index (κ2) is 12.1. The van der Waals surface area contributed by atoms with E-state index in [1.807, 2.05) is 91.0 Å². The van der Waals surface area contributed by atoms with E-state index in [0.717, 1.165) is 16.7 Å². The SMILES string of the molecule is CC1(OCc2ccccc2)C(OCc2ccccc2)C(COCc2ccccc2)OC1(O)c1cnc2c(N)nc(N)nn12. The van der Waals surface area contributed by atoms with Crippen molar-refractivity contribution in [2.45, 2.75) is 50.3 Å². The number of nitrogens with zero attached hydrogens (tertiary/aromatic N) is 4. The summed E-state index contributed by atoms with van der Waals surface area (Å²) in [5.41, 5.74) is 13.8. The molecule has 0 radical (unpaired) electrons. The van der Waals surface area contributed by atoms with Gasteiger partial charge >= 0.3 is 0 Å². The van der Waals surface area contributed by atoms with Crippen LogP contribution in [0.4, 0.5) is 11.8 Å². The molecule has 5 aromatic rings. The molecule has 43 heavy (non-hydrogen) atoms. The third kappa shape index (κ3) is 5.68. The molecule has 4 unspecified atom stereocenters. The number of hydrogen-bond donors (Lipinski definition) is 3. The maximum Gasteiger partial charge on any atom is 0.244 e. The van der Waals surface area contributed by atoms with Crippen LogP contribution in [-0.2, 0) is 44.6 Å². The predicted molar refractivity (Wildman–Crippen MR) is 159 cm³/mol. The number of aromatic nitrogens is 4. The summed E-state index contributed by atoms with van der Waals surface area (Å²) < 4.78 is 27.1. The molecule has 0 bridgehead atoms. The molecule has 1 saturated heterocycles. The number of rotatable bonds is 11. The molecule has 11 nitrogen and oxygen atoms in total. The van der Waals surface area contributed by atoms with Crippen molar-refractivity contribution in [3.05, 3.63) is 120 Å². The summed E-state index contributed by atoms with van der Waals surface area (Å²) in [4.78, 5) is 8.37. The lowest BCUT2D eigenvalue weighted by molar-refractivity contribution is -0.294. The summed E-state index contributed by atoms with van der Waals surface area (Å²) in [7, 11) is 0. The van der Waals surface area contributed by atoms with Crippen molar-refractivity contribution in [3.63, 3.8) is 0 Å². The zero-order chi connectivity index (χ0) is 29.9. The number of anilines is 2. The quantitative estimate of drug-likeness (QED) is 0.211. The average Bonchev–Trinajstić information content (AvgIpc) is 3.54. The minimum absolute atomic E-state index is 0.0619. The van der Waals surface area contributed by atoms with Gasteiger partial charge in [-0.2, -0.15) is 4.98 Å². The molecular weight excluding hydrogens is 548 g/mol. The van der Waals surface area contributed by atoms with Gasteiger partial charge in [-0.05, 0) is 23.6 Å². The first kappa shape index (κ1) is 28.7.